The summed E-state index contributed by atoms with van der Waals surface area (Å²) < 4.78 is 0. The minimum atomic E-state index is 0.0789. The maximum atomic E-state index is 9.11. The highest BCUT2D eigenvalue weighted by Crippen LogP contribution is 2.18. The zero-order valence-corrected chi connectivity index (χ0v) is 11.2. The van der Waals surface area contributed by atoms with Gasteiger partial charge in [0.05, 0.1) is 12.1 Å². The second kappa shape index (κ2) is 8.90. The topological polar surface area (TPSA) is 35.8 Å². The van der Waals surface area contributed by atoms with Gasteiger partial charge < -0.3 is 0 Å². The first kappa shape index (κ1) is 13.9. The van der Waals surface area contributed by atoms with E-state index in [0.29, 0.717) is 6.04 Å². The fourth-order valence-corrected chi connectivity index (χ4v) is 2.80. The standard InChI is InChI=1S/C13H24N2S/c1-16-10-6-9-13(11-14)15-12-7-4-2-3-5-8-12/h12-13,15H,2-10H2,1H3. The van der Waals surface area contributed by atoms with Crippen molar-refractivity contribution in [3.63, 3.8) is 0 Å². The van der Waals surface area contributed by atoms with Gasteiger partial charge in [-0.2, -0.15) is 17.0 Å². The van der Waals surface area contributed by atoms with E-state index in [1.807, 2.05) is 11.8 Å². The van der Waals surface area contributed by atoms with Crippen LogP contribution >= 0.6 is 11.8 Å². The van der Waals surface area contributed by atoms with E-state index in [-0.39, 0.29) is 6.04 Å². The van der Waals surface area contributed by atoms with E-state index in [4.69, 9.17) is 5.26 Å². The molecule has 0 aromatic carbocycles. The third kappa shape index (κ3) is 5.77. The van der Waals surface area contributed by atoms with Crippen LogP contribution in [0.15, 0.2) is 0 Å². The molecule has 2 nitrogen and oxygen atoms in total. The first-order chi connectivity index (χ1) is 7.86. The van der Waals surface area contributed by atoms with Gasteiger partial charge in [-0.25, -0.2) is 0 Å². The van der Waals surface area contributed by atoms with E-state index in [1.165, 1.54) is 44.3 Å². The number of nitrogens with one attached hydrogen (secondary N) is 1. The Morgan fingerprint density at radius 2 is 2.00 bits per heavy atom. The largest absolute Gasteiger partial charge is 0.299 e. The Kier molecular flexibility index (Phi) is 7.71. The SMILES string of the molecule is CSCCCC(C#N)NC1CCCCCC1. The molecule has 0 aromatic heterocycles. The van der Waals surface area contributed by atoms with Crippen LogP contribution in [0.4, 0.5) is 0 Å². The van der Waals surface area contributed by atoms with E-state index < -0.39 is 0 Å². The van der Waals surface area contributed by atoms with Crippen molar-refractivity contribution >= 4 is 11.8 Å². The Labute approximate surface area is 104 Å². The molecule has 1 aliphatic carbocycles. The van der Waals surface area contributed by atoms with Crippen LogP contribution < -0.4 is 5.32 Å². The van der Waals surface area contributed by atoms with E-state index >= 15 is 0 Å². The summed E-state index contributed by atoms with van der Waals surface area (Å²) in [4.78, 5) is 0. The summed E-state index contributed by atoms with van der Waals surface area (Å²) in [5.74, 6) is 1.17. The normalized spacial score (nSPS) is 20.0. The Bertz CT molecular complexity index is 204. The molecule has 0 radical (unpaired) electrons. The van der Waals surface area contributed by atoms with Crippen molar-refractivity contribution in [2.24, 2.45) is 0 Å². The summed E-state index contributed by atoms with van der Waals surface area (Å²) in [5, 5.41) is 12.6. The summed E-state index contributed by atoms with van der Waals surface area (Å²) in [6.07, 6.45) is 12.2. The first-order valence-electron chi connectivity index (χ1n) is 6.51. The van der Waals surface area contributed by atoms with Crippen molar-refractivity contribution in [1.82, 2.24) is 5.32 Å². The summed E-state index contributed by atoms with van der Waals surface area (Å²) in [7, 11) is 0. The lowest BCUT2D eigenvalue weighted by atomic mass is 10.1. The number of hydrogen-bond donors (Lipinski definition) is 1. The predicted molar refractivity (Wildman–Crippen MR) is 71.6 cm³/mol. The zero-order chi connectivity index (χ0) is 11.6. The average molecular weight is 240 g/mol. The Balaban J connectivity index is 2.22. The highest BCUT2D eigenvalue weighted by molar-refractivity contribution is 7.98. The lowest BCUT2D eigenvalue weighted by Gasteiger charge is -2.20. The van der Waals surface area contributed by atoms with E-state index in [2.05, 4.69) is 17.6 Å². The van der Waals surface area contributed by atoms with Crippen molar-refractivity contribution in [3.05, 3.63) is 0 Å². The quantitative estimate of drug-likeness (QED) is 0.571. The molecule has 1 rings (SSSR count). The minimum Gasteiger partial charge on any atom is -0.299 e. The molecule has 1 saturated carbocycles. The number of thioether (sulfide) groups is 1. The molecular weight excluding hydrogens is 216 g/mol. The van der Waals surface area contributed by atoms with Crippen LogP contribution in [-0.4, -0.2) is 24.1 Å². The summed E-state index contributed by atoms with van der Waals surface area (Å²) in [6.45, 7) is 0. The van der Waals surface area contributed by atoms with Crippen molar-refractivity contribution < 1.29 is 0 Å². The van der Waals surface area contributed by atoms with Gasteiger partial charge in [0, 0.05) is 6.04 Å². The molecule has 92 valence electrons. The molecule has 1 fully saturated rings. The fraction of sp³-hybridized carbons (Fsp3) is 0.923. The van der Waals surface area contributed by atoms with Gasteiger partial charge in [0.1, 0.15) is 0 Å². The Hall–Kier alpha value is -0.200. The molecule has 0 aliphatic heterocycles. The van der Waals surface area contributed by atoms with Crippen LogP contribution in [0.3, 0.4) is 0 Å². The van der Waals surface area contributed by atoms with Gasteiger partial charge in [-0.15, -0.1) is 0 Å². The third-order valence-corrected chi connectivity index (χ3v) is 3.99. The molecule has 0 amide bonds. The molecule has 1 unspecified atom stereocenters. The van der Waals surface area contributed by atoms with Crippen molar-refractivity contribution in [1.29, 1.82) is 5.26 Å². The van der Waals surface area contributed by atoms with Crippen molar-refractivity contribution in [2.45, 2.75) is 63.5 Å². The van der Waals surface area contributed by atoms with Crippen LogP contribution in [0.25, 0.3) is 0 Å². The van der Waals surface area contributed by atoms with Crippen LogP contribution in [-0.2, 0) is 0 Å². The molecule has 0 spiro atoms. The van der Waals surface area contributed by atoms with E-state index in [0.717, 1.165) is 12.8 Å². The second-order valence-electron chi connectivity index (χ2n) is 4.67. The Morgan fingerprint density at radius 1 is 1.31 bits per heavy atom. The number of hydrogen-bond acceptors (Lipinski definition) is 3. The van der Waals surface area contributed by atoms with Crippen molar-refractivity contribution in [3.8, 4) is 6.07 Å². The molecular formula is C13H24N2S. The zero-order valence-electron chi connectivity index (χ0n) is 10.4. The lowest BCUT2D eigenvalue weighted by molar-refractivity contribution is 0.418. The van der Waals surface area contributed by atoms with Gasteiger partial charge in [0.2, 0.25) is 0 Å². The maximum absolute atomic E-state index is 9.11. The van der Waals surface area contributed by atoms with Crippen LogP contribution in [0.1, 0.15) is 51.4 Å². The molecule has 0 heterocycles. The maximum Gasteiger partial charge on any atom is 0.0955 e. The molecule has 0 aromatic rings. The van der Waals surface area contributed by atoms with Crippen LogP contribution in [0.2, 0.25) is 0 Å². The number of nitrogens with zero attached hydrogens (tertiary/aromatic N) is 1. The summed E-state index contributed by atoms with van der Waals surface area (Å²) >= 11 is 1.87. The Morgan fingerprint density at radius 3 is 2.56 bits per heavy atom. The van der Waals surface area contributed by atoms with Gasteiger partial charge >= 0.3 is 0 Å². The third-order valence-electron chi connectivity index (χ3n) is 3.29. The molecule has 1 atom stereocenters. The monoisotopic (exact) mass is 240 g/mol. The predicted octanol–water partition coefficient (Wildman–Crippen LogP) is 3.33. The number of rotatable bonds is 6. The molecule has 16 heavy (non-hydrogen) atoms. The van der Waals surface area contributed by atoms with E-state index in [1.54, 1.807) is 0 Å². The highest BCUT2D eigenvalue weighted by atomic mass is 32.2. The number of nitriles is 1. The smallest absolute Gasteiger partial charge is 0.0955 e. The summed E-state index contributed by atoms with van der Waals surface area (Å²) in [5.41, 5.74) is 0. The van der Waals surface area contributed by atoms with Crippen molar-refractivity contribution in [2.75, 3.05) is 12.0 Å². The minimum absolute atomic E-state index is 0.0789. The molecule has 1 aliphatic rings. The average Bonchev–Trinajstić information content (AvgIpc) is 2.56. The first-order valence-corrected chi connectivity index (χ1v) is 7.91. The molecule has 0 bridgehead atoms. The van der Waals surface area contributed by atoms with Gasteiger partial charge in [-0.3, -0.25) is 5.32 Å². The van der Waals surface area contributed by atoms with Crippen LogP contribution in [0.5, 0.6) is 0 Å². The van der Waals surface area contributed by atoms with Gasteiger partial charge in [-0.05, 0) is 37.7 Å². The van der Waals surface area contributed by atoms with Gasteiger partial charge in [0.25, 0.3) is 0 Å². The van der Waals surface area contributed by atoms with Crippen LogP contribution in [0, 0.1) is 11.3 Å². The van der Waals surface area contributed by atoms with E-state index in [9.17, 15) is 0 Å². The molecule has 0 saturated heterocycles. The second-order valence-corrected chi connectivity index (χ2v) is 5.66. The molecule has 1 N–H and O–H groups in total. The lowest BCUT2D eigenvalue weighted by Crippen LogP contribution is -2.37. The fourth-order valence-electron chi connectivity index (χ4n) is 2.35. The molecule has 3 heteroatoms. The highest BCUT2D eigenvalue weighted by Gasteiger charge is 2.16. The van der Waals surface area contributed by atoms with Gasteiger partial charge in [0.15, 0.2) is 0 Å². The summed E-state index contributed by atoms with van der Waals surface area (Å²) in [6, 6.07) is 3.09. The van der Waals surface area contributed by atoms with Gasteiger partial charge in [-0.1, -0.05) is 25.7 Å².